The number of hydrogen-bond donors (Lipinski definition) is 3. The maximum Gasteiger partial charge on any atom is 0.306 e. The molecule has 0 radical (unpaired) electrons. The van der Waals surface area contributed by atoms with Crippen LogP contribution in [0.15, 0.2) is 54.6 Å². The van der Waals surface area contributed by atoms with E-state index in [1.54, 1.807) is 19.1 Å². The van der Waals surface area contributed by atoms with E-state index in [-0.39, 0.29) is 24.8 Å². The molecule has 166 valence electrons. The van der Waals surface area contributed by atoms with Crippen LogP contribution in [0, 0.1) is 11.8 Å². The highest BCUT2D eigenvalue weighted by molar-refractivity contribution is 5.94. The van der Waals surface area contributed by atoms with Crippen molar-refractivity contribution in [2.24, 2.45) is 11.8 Å². The minimum Gasteiger partial charge on any atom is -0.481 e. The third kappa shape index (κ3) is 8.62. The Labute approximate surface area is 184 Å². The van der Waals surface area contributed by atoms with Crippen molar-refractivity contribution in [3.63, 3.8) is 0 Å². The lowest BCUT2D eigenvalue weighted by Gasteiger charge is -2.19. The van der Waals surface area contributed by atoms with Gasteiger partial charge in [0.15, 0.2) is 0 Å². The number of carboxylic acids is 1. The monoisotopic (exact) mass is 424 g/mol. The fourth-order valence-corrected chi connectivity index (χ4v) is 3.42. The molecule has 2 amide bonds. The number of carbonyl (C=O) groups excluding carboxylic acids is 2. The molecule has 2 atom stereocenters. The maximum atomic E-state index is 12.7. The molecule has 3 N–H and O–H groups in total. The molecule has 0 saturated carbocycles. The van der Waals surface area contributed by atoms with Crippen LogP contribution < -0.4 is 10.6 Å². The van der Waals surface area contributed by atoms with Crippen molar-refractivity contribution in [2.45, 2.75) is 46.0 Å². The van der Waals surface area contributed by atoms with Crippen molar-refractivity contribution >= 4 is 23.5 Å². The average Bonchev–Trinajstić information content (AvgIpc) is 2.76. The summed E-state index contributed by atoms with van der Waals surface area (Å²) in [4.78, 5) is 36.2. The summed E-state index contributed by atoms with van der Waals surface area (Å²) in [6, 6.07) is 17.3. The van der Waals surface area contributed by atoms with E-state index in [1.165, 1.54) is 5.56 Å². The number of aryl methyl sites for hydroxylation is 2. The molecule has 1 unspecified atom stereocenters. The van der Waals surface area contributed by atoms with E-state index in [1.807, 2.05) is 18.2 Å². The molecule has 0 aliphatic heterocycles. The minimum absolute atomic E-state index is 0.155. The Hall–Kier alpha value is -3.15. The van der Waals surface area contributed by atoms with E-state index in [4.69, 9.17) is 0 Å². The molecule has 0 heterocycles. The normalized spacial score (nSPS) is 12.6. The molecule has 0 saturated heterocycles. The van der Waals surface area contributed by atoms with Crippen LogP contribution in [0.2, 0.25) is 0 Å². The Kier molecular flexibility index (Phi) is 9.75. The van der Waals surface area contributed by atoms with E-state index < -0.39 is 17.8 Å². The van der Waals surface area contributed by atoms with Crippen molar-refractivity contribution in [1.82, 2.24) is 5.32 Å². The van der Waals surface area contributed by atoms with Gasteiger partial charge in [0.25, 0.3) is 0 Å². The summed E-state index contributed by atoms with van der Waals surface area (Å²) in [5.74, 6) is -2.66. The molecule has 0 fully saturated rings. The van der Waals surface area contributed by atoms with Crippen LogP contribution in [0.3, 0.4) is 0 Å². The van der Waals surface area contributed by atoms with Gasteiger partial charge in [-0.2, -0.15) is 0 Å². The van der Waals surface area contributed by atoms with Gasteiger partial charge in [0, 0.05) is 11.6 Å². The highest BCUT2D eigenvalue weighted by atomic mass is 16.4. The molecule has 2 aromatic rings. The number of rotatable bonds is 12. The first-order chi connectivity index (χ1) is 14.9. The number of nitrogens with one attached hydrogen (secondary N) is 2. The van der Waals surface area contributed by atoms with Crippen molar-refractivity contribution in [3.8, 4) is 0 Å². The molecule has 0 bridgehead atoms. The zero-order chi connectivity index (χ0) is 22.6. The predicted molar refractivity (Wildman–Crippen MR) is 122 cm³/mol. The first-order valence-corrected chi connectivity index (χ1v) is 10.8. The van der Waals surface area contributed by atoms with E-state index in [2.05, 4.69) is 41.8 Å². The summed E-state index contributed by atoms with van der Waals surface area (Å²) >= 11 is 0. The van der Waals surface area contributed by atoms with Gasteiger partial charge < -0.3 is 15.7 Å². The first kappa shape index (κ1) is 24.1. The van der Waals surface area contributed by atoms with Gasteiger partial charge in [0.2, 0.25) is 11.8 Å². The Morgan fingerprint density at radius 1 is 0.935 bits per heavy atom. The number of carbonyl (C=O) groups is 3. The van der Waals surface area contributed by atoms with Gasteiger partial charge in [-0.3, -0.25) is 14.4 Å². The van der Waals surface area contributed by atoms with Crippen LogP contribution in [-0.4, -0.2) is 29.4 Å². The van der Waals surface area contributed by atoms with Gasteiger partial charge in [-0.1, -0.05) is 62.7 Å². The number of benzene rings is 2. The standard InChI is InChI=1S/C25H32N2O4/c1-3-7-19-10-12-20(13-11-19)14-15-21(16-18(2)25(30)31)24(29)26-17-23(28)27-22-8-5-4-6-9-22/h4-6,8-13,18,21H,3,7,14-17H2,1-2H3,(H,26,29)(H,27,28)(H,30,31)/t18?,21-/m1/s1. The zero-order valence-corrected chi connectivity index (χ0v) is 18.3. The Balaban J connectivity index is 1.93. The van der Waals surface area contributed by atoms with Gasteiger partial charge in [0.05, 0.1) is 12.5 Å². The van der Waals surface area contributed by atoms with Crippen LogP contribution in [0.5, 0.6) is 0 Å². The zero-order valence-electron chi connectivity index (χ0n) is 18.3. The van der Waals surface area contributed by atoms with Crippen LogP contribution in [0.1, 0.15) is 44.2 Å². The fraction of sp³-hybridized carbons (Fsp3) is 0.400. The van der Waals surface area contributed by atoms with Crippen molar-refractivity contribution in [1.29, 1.82) is 0 Å². The second-order valence-electron chi connectivity index (χ2n) is 7.91. The van der Waals surface area contributed by atoms with Crippen LogP contribution in [0.4, 0.5) is 5.69 Å². The number of hydrogen-bond acceptors (Lipinski definition) is 3. The number of anilines is 1. The molecule has 0 aromatic heterocycles. The van der Waals surface area contributed by atoms with Crippen molar-refractivity contribution in [2.75, 3.05) is 11.9 Å². The second-order valence-corrected chi connectivity index (χ2v) is 7.91. The van der Waals surface area contributed by atoms with Crippen LogP contribution in [0.25, 0.3) is 0 Å². The molecule has 0 aliphatic rings. The molecular weight excluding hydrogens is 392 g/mol. The van der Waals surface area contributed by atoms with Gasteiger partial charge in [-0.15, -0.1) is 0 Å². The quantitative estimate of drug-likeness (QED) is 0.479. The lowest BCUT2D eigenvalue weighted by Crippen LogP contribution is -2.38. The molecule has 2 rings (SSSR count). The number of aliphatic carboxylic acids is 1. The van der Waals surface area contributed by atoms with Crippen molar-refractivity contribution in [3.05, 3.63) is 65.7 Å². The first-order valence-electron chi connectivity index (χ1n) is 10.8. The highest BCUT2D eigenvalue weighted by Crippen LogP contribution is 2.20. The maximum absolute atomic E-state index is 12.7. The van der Waals surface area contributed by atoms with Gasteiger partial charge >= 0.3 is 5.97 Å². The van der Waals surface area contributed by atoms with E-state index in [0.29, 0.717) is 18.5 Å². The minimum atomic E-state index is -0.927. The van der Waals surface area contributed by atoms with Crippen molar-refractivity contribution < 1.29 is 19.5 Å². The van der Waals surface area contributed by atoms with Crippen LogP contribution >= 0.6 is 0 Å². The number of carboxylic acid groups (broad SMARTS) is 1. The molecule has 0 spiro atoms. The molecular formula is C25H32N2O4. The summed E-state index contributed by atoms with van der Waals surface area (Å²) in [6.45, 7) is 3.59. The van der Waals surface area contributed by atoms with Gasteiger partial charge in [-0.25, -0.2) is 0 Å². The summed E-state index contributed by atoms with van der Waals surface area (Å²) in [5.41, 5.74) is 3.05. The highest BCUT2D eigenvalue weighted by Gasteiger charge is 2.24. The lowest BCUT2D eigenvalue weighted by atomic mass is 9.89. The summed E-state index contributed by atoms with van der Waals surface area (Å²) < 4.78 is 0. The molecule has 6 heteroatoms. The summed E-state index contributed by atoms with van der Waals surface area (Å²) in [5, 5.41) is 14.7. The van der Waals surface area contributed by atoms with E-state index in [9.17, 15) is 19.5 Å². The average molecular weight is 425 g/mol. The lowest BCUT2D eigenvalue weighted by molar-refractivity contribution is -0.142. The Bertz CT molecular complexity index is 850. The van der Waals surface area contributed by atoms with Gasteiger partial charge in [-0.05, 0) is 48.9 Å². The molecule has 2 aromatic carbocycles. The van der Waals surface area contributed by atoms with Crippen LogP contribution in [-0.2, 0) is 27.2 Å². The topological polar surface area (TPSA) is 95.5 Å². The Morgan fingerprint density at radius 3 is 2.13 bits per heavy atom. The largest absolute Gasteiger partial charge is 0.481 e. The summed E-state index contributed by atoms with van der Waals surface area (Å²) in [6.07, 6.45) is 3.55. The Morgan fingerprint density at radius 2 is 1.55 bits per heavy atom. The molecule has 0 aliphatic carbocycles. The molecule has 6 nitrogen and oxygen atoms in total. The fourth-order valence-electron chi connectivity index (χ4n) is 3.42. The predicted octanol–water partition coefficient (Wildman–Crippen LogP) is 4.05. The van der Waals surface area contributed by atoms with E-state index >= 15 is 0 Å². The SMILES string of the molecule is CCCc1ccc(CC[C@H](CC(C)C(=O)O)C(=O)NCC(=O)Nc2ccccc2)cc1. The molecule has 31 heavy (non-hydrogen) atoms. The van der Waals surface area contributed by atoms with Gasteiger partial charge in [0.1, 0.15) is 0 Å². The van der Waals surface area contributed by atoms with E-state index in [0.717, 1.165) is 18.4 Å². The second kappa shape index (κ2) is 12.5. The third-order valence-corrected chi connectivity index (χ3v) is 5.25. The smallest absolute Gasteiger partial charge is 0.306 e. The third-order valence-electron chi connectivity index (χ3n) is 5.25. The summed E-state index contributed by atoms with van der Waals surface area (Å²) in [7, 11) is 0. The number of para-hydroxylation sites is 1. The number of amides is 2.